The molecule has 184 valence electrons. The number of benzene rings is 3. The van der Waals surface area contributed by atoms with E-state index in [4.69, 9.17) is 9.47 Å². The highest BCUT2D eigenvalue weighted by atomic mass is 32.2. The number of nitrogens with one attached hydrogen (secondary N) is 1. The van der Waals surface area contributed by atoms with Crippen molar-refractivity contribution in [3.8, 4) is 11.5 Å². The van der Waals surface area contributed by atoms with Crippen molar-refractivity contribution < 1.29 is 27.5 Å². The minimum Gasteiger partial charge on any atom is -0.455 e. The van der Waals surface area contributed by atoms with Crippen LogP contribution in [0.25, 0.3) is 0 Å². The summed E-state index contributed by atoms with van der Waals surface area (Å²) in [5.41, 5.74) is 1.04. The average Bonchev–Trinajstić information content (AvgIpc) is 2.85. The van der Waals surface area contributed by atoms with Crippen LogP contribution in [0, 0.1) is 6.92 Å². The van der Waals surface area contributed by atoms with Gasteiger partial charge in [0.15, 0.2) is 12.4 Å². The van der Waals surface area contributed by atoms with Gasteiger partial charge in [0.2, 0.25) is 10.0 Å². The van der Waals surface area contributed by atoms with Crippen LogP contribution in [0.5, 0.6) is 11.5 Å². The molecule has 0 atom stereocenters. The molecular weight excluding hydrogens is 468 g/mol. The number of carbonyl (C=O) groups is 2. The van der Waals surface area contributed by atoms with Gasteiger partial charge in [-0.2, -0.15) is 4.31 Å². The fourth-order valence-corrected chi connectivity index (χ4v) is 4.85. The third-order valence-electron chi connectivity index (χ3n) is 5.24. The van der Waals surface area contributed by atoms with E-state index in [9.17, 15) is 18.0 Å². The zero-order valence-electron chi connectivity index (χ0n) is 19.9. The number of ether oxygens (including phenoxy) is 2. The first-order valence-electron chi connectivity index (χ1n) is 11.2. The molecule has 9 heteroatoms. The van der Waals surface area contributed by atoms with Crippen LogP contribution in [0.15, 0.2) is 77.7 Å². The van der Waals surface area contributed by atoms with E-state index >= 15 is 0 Å². The Labute approximate surface area is 205 Å². The van der Waals surface area contributed by atoms with Gasteiger partial charge in [-0.05, 0) is 48.9 Å². The summed E-state index contributed by atoms with van der Waals surface area (Å²) in [5.74, 6) is -0.311. The fraction of sp³-hybridized carbons (Fsp3) is 0.231. The van der Waals surface area contributed by atoms with Gasteiger partial charge < -0.3 is 14.8 Å². The standard InChI is InChI=1S/C26H28N2O6S/c1-4-28(5-2)35(31,32)21-16-15-19(3)22(17-21)26(30)33-18-25(29)27-23-13-9-10-14-24(23)34-20-11-7-6-8-12-20/h6-17H,4-5,18H2,1-3H3,(H,27,29). The molecule has 0 aliphatic rings. The molecule has 35 heavy (non-hydrogen) atoms. The summed E-state index contributed by atoms with van der Waals surface area (Å²) >= 11 is 0. The Morgan fingerprint density at radius 1 is 0.914 bits per heavy atom. The van der Waals surface area contributed by atoms with Gasteiger partial charge in [-0.1, -0.05) is 50.2 Å². The predicted octanol–water partition coefficient (Wildman–Crippen LogP) is 4.61. The molecule has 0 bridgehead atoms. The topological polar surface area (TPSA) is 102 Å². The molecule has 0 fully saturated rings. The van der Waals surface area contributed by atoms with Gasteiger partial charge in [0.1, 0.15) is 5.75 Å². The summed E-state index contributed by atoms with van der Waals surface area (Å²) in [5, 5.41) is 2.67. The zero-order valence-corrected chi connectivity index (χ0v) is 20.7. The van der Waals surface area contributed by atoms with Crippen LogP contribution in [0.4, 0.5) is 5.69 Å². The lowest BCUT2D eigenvalue weighted by atomic mass is 10.1. The number of hydrogen-bond acceptors (Lipinski definition) is 6. The monoisotopic (exact) mass is 496 g/mol. The van der Waals surface area contributed by atoms with Crippen LogP contribution in [0.3, 0.4) is 0 Å². The summed E-state index contributed by atoms with van der Waals surface area (Å²) in [7, 11) is -3.74. The molecule has 0 aromatic heterocycles. The van der Waals surface area contributed by atoms with Gasteiger partial charge in [-0.15, -0.1) is 0 Å². The molecule has 1 amide bonds. The molecule has 0 unspecified atom stereocenters. The molecule has 1 N–H and O–H groups in total. The molecule has 3 aromatic rings. The SMILES string of the molecule is CCN(CC)S(=O)(=O)c1ccc(C)c(C(=O)OCC(=O)Nc2ccccc2Oc2ccccc2)c1. The van der Waals surface area contributed by atoms with Crippen LogP contribution in [0.1, 0.15) is 29.8 Å². The molecule has 3 rings (SSSR count). The van der Waals surface area contributed by atoms with Crippen molar-refractivity contribution in [3.63, 3.8) is 0 Å². The Morgan fingerprint density at radius 2 is 1.57 bits per heavy atom. The number of para-hydroxylation sites is 3. The molecule has 0 radical (unpaired) electrons. The highest BCUT2D eigenvalue weighted by Gasteiger charge is 2.24. The molecule has 0 aliphatic carbocycles. The number of rotatable bonds is 10. The lowest BCUT2D eigenvalue weighted by molar-refractivity contribution is -0.119. The second-order valence-corrected chi connectivity index (χ2v) is 9.54. The molecule has 0 heterocycles. The normalized spacial score (nSPS) is 11.2. The summed E-state index contributed by atoms with van der Waals surface area (Å²) < 4.78 is 37.9. The van der Waals surface area contributed by atoms with Gasteiger partial charge in [0.05, 0.1) is 16.1 Å². The second-order valence-electron chi connectivity index (χ2n) is 7.60. The largest absolute Gasteiger partial charge is 0.455 e. The van der Waals surface area contributed by atoms with Crippen molar-refractivity contribution in [2.45, 2.75) is 25.7 Å². The highest BCUT2D eigenvalue weighted by Crippen LogP contribution is 2.29. The van der Waals surface area contributed by atoms with Crippen molar-refractivity contribution in [2.24, 2.45) is 0 Å². The second kappa shape index (κ2) is 11.6. The van der Waals surface area contributed by atoms with Gasteiger partial charge in [0.25, 0.3) is 5.91 Å². The minimum atomic E-state index is -3.74. The smallest absolute Gasteiger partial charge is 0.338 e. The van der Waals surface area contributed by atoms with Crippen molar-refractivity contribution >= 4 is 27.6 Å². The molecular formula is C26H28N2O6S. The maximum atomic E-state index is 12.8. The first kappa shape index (κ1) is 25.9. The number of sulfonamides is 1. The summed E-state index contributed by atoms with van der Waals surface area (Å²) in [6.07, 6.45) is 0. The van der Waals surface area contributed by atoms with Crippen molar-refractivity contribution in [2.75, 3.05) is 25.0 Å². The van der Waals surface area contributed by atoms with E-state index in [-0.39, 0.29) is 10.5 Å². The molecule has 0 saturated carbocycles. The fourth-order valence-electron chi connectivity index (χ4n) is 3.36. The van der Waals surface area contributed by atoms with E-state index in [1.165, 1.54) is 16.4 Å². The number of carbonyl (C=O) groups excluding carboxylic acids is 2. The molecule has 3 aromatic carbocycles. The number of anilines is 1. The van der Waals surface area contributed by atoms with Crippen LogP contribution in [-0.4, -0.2) is 44.3 Å². The zero-order chi connectivity index (χ0) is 25.4. The van der Waals surface area contributed by atoms with E-state index < -0.39 is 28.5 Å². The number of aryl methyl sites for hydroxylation is 1. The highest BCUT2D eigenvalue weighted by molar-refractivity contribution is 7.89. The maximum absolute atomic E-state index is 12.8. The van der Waals surface area contributed by atoms with Gasteiger partial charge in [0, 0.05) is 13.1 Å². The van der Waals surface area contributed by atoms with Gasteiger partial charge in [-0.3, -0.25) is 4.79 Å². The van der Waals surface area contributed by atoms with E-state index in [1.807, 2.05) is 18.2 Å². The average molecular weight is 497 g/mol. The van der Waals surface area contributed by atoms with Crippen molar-refractivity contribution in [3.05, 3.63) is 83.9 Å². The number of hydrogen-bond donors (Lipinski definition) is 1. The number of amides is 1. The van der Waals surface area contributed by atoms with Gasteiger partial charge in [-0.25, -0.2) is 13.2 Å². The van der Waals surface area contributed by atoms with E-state index in [2.05, 4.69) is 5.32 Å². The lowest BCUT2D eigenvalue weighted by Gasteiger charge is -2.19. The maximum Gasteiger partial charge on any atom is 0.338 e. The van der Waals surface area contributed by atoms with Crippen LogP contribution in [-0.2, 0) is 19.6 Å². The molecule has 0 saturated heterocycles. The van der Waals surface area contributed by atoms with Crippen molar-refractivity contribution in [1.82, 2.24) is 4.31 Å². The Hall–Kier alpha value is -3.69. The third-order valence-corrected chi connectivity index (χ3v) is 7.28. The summed E-state index contributed by atoms with van der Waals surface area (Å²) in [6, 6.07) is 20.3. The van der Waals surface area contributed by atoms with Gasteiger partial charge >= 0.3 is 5.97 Å². The molecule has 8 nitrogen and oxygen atoms in total. The van der Waals surface area contributed by atoms with Crippen molar-refractivity contribution in [1.29, 1.82) is 0 Å². The van der Waals surface area contributed by atoms with Crippen LogP contribution >= 0.6 is 0 Å². The van der Waals surface area contributed by atoms with Crippen LogP contribution in [0.2, 0.25) is 0 Å². The number of esters is 1. The predicted molar refractivity (Wildman–Crippen MR) is 133 cm³/mol. The Balaban J connectivity index is 1.68. The Bertz CT molecular complexity index is 1290. The minimum absolute atomic E-state index is 0.00445. The molecule has 0 aliphatic heterocycles. The number of nitrogens with zero attached hydrogens (tertiary/aromatic N) is 1. The lowest BCUT2D eigenvalue weighted by Crippen LogP contribution is -2.30. The summed E-state index contributed by atoms with van der Waals surface area (Å²) in [4.78, 5) is 25.2. The van der Waals surface area contributed by atoms with E-state index in [0.29, 0.717) is 35.8 Å². The van der Waals surface area contributed by atoms with Crippen LogP contribution < -0.4 is 10.1 Å². The first-order valence-corrected chi connectivity index (χ1v) is 12.6. The Morgan fingerprint density at radius 3 is 2.26 bits per heavy atom. The first-order chi connectivity index (χ1) is 16.8. The third kappa shape index (κ3) is 6.46. The van der Waals surface area contributed by atoms with E-state index in [1.54, 1.807) is 63.2 Å². The van der Waals surface area contributed by atoms with E-state index in [0.717, 1.165) is 0 Å². The summed E-state index contributed by atoms with van der Waals surface area (Å²) in [6.45, 7) is 5.22. The molecule has 0 spiro atoms. The Kier molecular flexibility index (Phi) is 8.62. The quantitative estimate of drug-likeness (QED) is 0.411.